The highest BCUT2D eigenvalue weighted by molar-refractivity contribution is 7.04. The average molecular weight is 284 g/mol. The zero-order valence-corrected chi connectivity index (χ0v) is 11.6. The number of carbonyl (C=O) groups excluding carboxylic acids is 1. The van der Waals surface area contributed by atoms with Crippen molar-refractivity contribution in [2.45, 2.75) is 6.92 Å². The number of aryl methyl sites for hydroxylation is 1. The highest BCUT2D eigenvalue weighted by atomic mass is 32.1. The first-order valence-corrected chi connectivity index (χ1v) is 6.90. The van der Waals surface area contributed by atoms with Gasteiger partial charge in [-0.2, -0.15) is 9.47 Å². The predicted octanol–water partition coefficient (Wildman–Crippen LogP) is 2.89. The third kappa shape index (κ3) is 2.46. The number of aromatic nitrogens is 3. The summed E-state index contributed by atoms with van der Waals surface area (Å²) < 4.78 is 5.86. The summed E-state index contributed by atoms with van der Waals surface area (Å²) >= 11 is 1.28. The molecule has 0 saturated carbocycles. The molecule has 3 rings (SSSR count). The Morgan fingerprint density at radius 3 is 2.70 bits per heavy atom. The van der Waals surface area contributed by atoms with Crippen LogP contribution in [0.1, 0.15) is 16.1 Å². The Bertz CT molecular complexity index is 716. The van der Waals surface area contributed by atoms with Crippen molar-refractivity contribution >= 4 is 23.1 Å². The fourth-order valence-electron chi connectivity index (χ4n) is 1.83. The van der Waals surface area contributed by atoms with Gasteiger partial charge in [-0.1, -0.05) is 0 Å². The summed E-state index contributed by atoms with van der Waals surface area (Å²) in [5, 5.41) is 8.76. The Balaban J connectivity index is 1.76. The van der Waals surface area contributed by atoms with Gasteiger partial charge in [-0.05, 0) is 48.8 Å². The van der Waals surface area contributed by atoms with Gasteiger partial charge >= 0.3 is 0 Å². The van der Waals surface area contributed by atoms with Gasteiger partial charge in [-0.15, -0.1) is 0 Å². The van der Waals surface area contributed by atoms with E-state index in [1.54, 1.807) is 16.3 Å². The molecule has 0 atom stereocenters. The number of hydrogen-bond acceptors (Lipinski definition) is 4. The standard InChI is InChI=1S/C14H12N4OS/c1-10-13(9-20-17-10)14(19)16-11-3-5-12(6-4-11)18-8-2-7-15-18/h2-9H,1H3,(H,16,19). The molecule has 0 fully saturated rings. The molecule has 1 amide bonds. The molecule has 0 bridgehead atoms. The van der Waals surface area contributed by atoms with Crippen molar-refractivity contribution in [3.63, 3.8) is 0 Å². The van der Waals surface area contributed by atoms with E-state index in [0.29, 0.717) is 5.56 Å². The van der Waals surface area contributed by atoms with E-state index < -0.39 is 0 Å². The molecule has 1 aromatic carbocycles. The first-order chi connectivity index (χ1) is 9.74. The molecule has 100 valence electrons. The Morgan fingerprint density at radius 2 is 2.10 bits per heavy atom. The normalized spacial score (nSPS) is 10.4. The fraction of sp³-hybridized carbons (Fsp3) is 0.0714. The summed E-state index contributed by atoms with van der Waals surface area (Å²) in [7, 11) is 0. The van der Waals surface area contributed by atoms with Crippen LogP contribution in [0.2, 0.25) is 0 Å². The van der Waals surface area contributed by atoms with Crippen LogP contribution in [-0.2, 0) is 0 Å². The van der Waals surface area contributed by atoms with Gasteiger partial charge in [0, 0.05) is 23.5 Å². The van der Waals surface area contributed by atoms with E-state index in [1.165, 1.54) is 11.5 Å². The van der Waals surface area contributed by atoms with Crippen LogP contribution < -0.4 is 5.32 Å². The van der Waals surface area contributed by atoms with Crippen LogP contribution in [0.5, 0.6) is 0 Å². The molecule has 20 heavy (non-hydrogen) atoms. The fourth-order valence-corrected chi connectivity index (χ4v) is 2.52. The number of nitrogens with one attached hydrogen (secondary N) is 1. The van der Waals surface area contributed by atoms with E-state index in [-0.39, 0.29) is 5.91 Å². The minimum atomic E-state index is -0.136. The second kappa shape index (κ2) is 5.26. The van der Waals surface area contributed by atoms with Crippen LogP contribution in [0.15, 0.2) is 48.1 Å². The number of amides is 1. The van der Waals surface area contributed by atoms with E-state index in [1.807, 2.05) is 43.5 Å². The van der Waals surface area contributed by atoms with Crippen molar-refractivity contribution in [1.82, 2.24) is 14.2 Å². The molecular weight excluding hydrogens is 272 g/mol. The number of carbonyl (C=O) groups is 1. The van der Waals surface area contributed by atoms with E-state index in [2.05, 4.69) is 14.8 Å². The number of anilines is 1. The van der Waals surface area contributed by atoms with Gasteiger partial charge in [0.25, 0.3) is 5.91 Å². The lowest BCUT2D eigenvalue weighted by Crippen LogP contribution is -2.12. The predicted molar refractivity (Wildman–Crippen MR) is 78.4 cm³/mol. The van der Waals surface area contributed by atoms with Gasteiger partial charge in [0.15, 0.2) is 0 Å². The third-order valence-corrected chi connectivity index (χ3v) is 3.61. The summed E-state index contributed by atoms with van der Waals surface area (Å²) in [5.41, 5.74) is 3.06. The zero-order chi connectivity index (χ0) is 13.9. The van der Waals surface area contributed by atoms with Crippen LogP contribution >= 0.6 is 11.5 Å². The summed E-state index contributed by atoms with van der Waals surface area (Å²) in [5.74, 6) is -0.136. The number of rotatable bonds is 3. The lowest BCUT2D eigenvalue weighted by Gasteiger charge is -2.06. The lowest BCUT2D eigenvalue weighted by atomic mass is 10.2. The first-order valence-electron chi connectivity index (χ1n) is 6.06. The van der Waals surface area contributed by atoms with Gasteiger partial charge < -0.3 is 5.32 Å². The molecule has 5 nitrogen and oxygen atoms in total. The third-order valence-electron chi connectivity index (χ3n) is 2.89. The molecule has 6 heteroatoms. The maximum atomic E-state index is 12.0. The molecule has 0 radical (unpaired) electrons. The Hall–Kier alpha value is -2.47. The first kappa shape index (κ1) is 12.6. The number of benzene rings is 1. The van der Waals surface area contributed by atoms with E-state index in [4.69, 9.17) is 0 Å². The number of hydrogen-bond donors (Lipinski definition) is 1. The lowest BCUT2D eigenvalue weighted by molar-refractivity contribution is 0.102. The molecule has 1 N–H and O–H groups in total. The largest absolute Gasteiger partial charge is 0.322 e. The molecule has 0 aliphatic carbocycles. The van der Waals surface area contributed by atoms with Crippen LogP contribution in [-0.4, -0.2) is 20.1 Å². The molecule has 0 saturated heterocycles. The molecule has 0 aliphatic heterocycles. The molecule has 0 spiro atoms. The van der Waals surface area contributed by atoms with Gasteiger partial charge in [-0.25, -0.2) is 4.68 Å². The van der Waals surface area contributed by atoms with Crippen molar-refractivity contribution in [2.24, 2.45) is 0 Å². The van der Waals surface area contributed by atoms with E-state index >= 15 is 0 Å². The Kier molecular flexibility index (Phi) is 3.30. The molecule has 0 aliphatic rings. The number of nitrogens with zero attached hydrogens (tertiary/aromatic N) is 3. The maximum absolute atomic E-state index is 12.0. The maximum Gasteiger partial charge on any atom is 0.258 e. The van der Waals surface area contributed by atoms with Crippen molar-refractivity contribution < 1.29 is 4.79 Å². The zero-order valence-electron chi connectivity index (χ0n) is 10.8. The highest BCUT2D eigenvalue weighted by Gasteiger charge is 2.11. The highest BCUT2D eigenvalue weighted by Crippen LogP contribution is 2.15. The minimum absolute atomic E-state index is 0.136. The monoisotopic (exact) mass is 284 g/mol. The second-order valence-corrected chi connectivity index (χ2v) is 4.89. The molecule has 2 aromatic heterocycles. The van der Waals surface area contributed by atoms with Gasteiger partial charge in [0.05, 0.1) is 16.9 Å². The topological polar surface area (TPSA) is 59.8 Å². The molecule has 0 unspecified atom stereocenters. The quantitative estimate of drug-likeness (QED) is 0.804. The Morgan fingerprint density at radius 1 is 1.30 bits per heavy atom. The van der Waals surface area contributed by atoms with E-state index in [9.17, 15) is 4.79 Å². The van der Waals surface area contributed by atoms with Crippen LogP contribution in [0.4, 0.5) is 5.69 Å². The molecular formula is C14H12N4OS. The summed E-state index contributed by atoms with van der Waals surface area (Å²) in [6.45, 7) is 1.83. The van der Waals surface area contributed by atoms with Crippen molar-refractivity contribution in [1.29, 1.82) is 0 Å². The van der Waals surface area contributed by atoms with Gasteiger partial charge in [-0.3, -0.25) is 4.79 Å². The summed E-state index contributed by atoms with van der Waals surface area (Å²) in [6.07, 6.45) is 3.59. The van der Waals surface area contributed by atoms with Gasteiger partial charge in [0.1, 0.15) is 0 Å². The SMILES string of the molecule is Cc1nscc1C(=O)Nc1ccc(-n2cccn2)cc1. The molecule has 2 heterocycles. The van der Waals surface area contributed by atoms with Crippen molar-refractivity contribution in [2.75, 3.05) is 5.32 Å². The van der Waals surface area contributed by atoms with Crippen LogP contribution in [0.25, 0.3) is 5.69 Å². The smallest absolute Gasteiger partial charge is 0.258 e. The van der Waals surface area contributed by atoms with Crippen molar-refractivity contribution in [3.05, 3.63) is 59.4 Å². The second-order valence-electron chi connectivity index (χ2n) is 4.27. The van der Waals surface area contributed by atoms with Gasteiger partial charge in [0.2, 0.25) is 0 Å². The molecule has 3 aromatic rings. The van der Waals surface area contributed by atoms with Crippen molar-refractivity contribution in [3.8, 4) is 5.69 Å². The van der Waals surface area contributed by atoms with E-state index in [0.717, 1.165) is 17.1 Å². The summed E-state index contributed by atoms with van der Waals surface area (Å²) in [6, 6.07) is 9.37. The van der Waals surface area contributed by atoms with Crippen LogP contribution in [0.3, 0.4) is 0 Å². The summed E-state index contributed by atoms with van der Waals surface area (Å²) in [4.78, 5) is 12.0. The Labute approximate surface area is 120 Å². The van der Waals surface area contributed by atoms with Crippen LogP contribution in [0, 0.1) is 6.92 Å². The average Bonchev–Trinajstić information content (AvgIpc) is 3.10. The minimum Gasteiger partial charge on any atom is -0.322 e.